The molecule has 6 heteroatoms. The Hall–Kier alpha value is -2.57. The molecule has 3 fully saturated rings. The monoisotopic (exact) mass is 388 g/mol. The Morgan fingerprint density at radius 3 is 2.72 bits per heavy atom. The Morgan fingerprint density at radius 1 is 1.00 bits per heavy atom. The number of hydrogen-bond acceptors (Lipinski definition) is 6. The number of anilines is 1. The number of benzene rings is 1. The van der Waals surface area contributed by atoms with Crippen molar-refractivity contribution in [2.24, 2.45) is 5.92 Å². The summed E-state index contributed by atoms with van der Waals surface area (Å²) in [6.07, 6.45) is 4.48. The Bertz CT molecular complexity index is 990. The summed E-state index contributed by atoms with van der Waals surface area (Å²) in [5.41, 5.74) is 4.79. The summed E-state index contributed by atoms with van der Waals surface area (Å²) < 4.78 is 0. The average molecular weight is 389 g/mol. The molecule has 6 nitrogen and oxygen atoms in total. The third-order valence-electron chi connectivity index (χ3n) is 6.83. The predicted molar refractivity (Wildman–Crippen MR) is 118 cm³/mol. The first-order chi connectivity index (χ1) is 14.4. The lowest BCUT2D eigenvalue weighted by molar-refractivity contribution is 0.282. The number of nitrogens with zero attached hydrogens (tertiary/aromatic N) is 3. The third kappa shape index (κ3) is 2.98. The number of rotatable bonds is 3. The Kier molecular flexibility index (Phi) is 4.20. The standard InChI is InChI=1S/C23H28N6/c1-2-4-19-18(3-1)21(29-15-17-12-25-14-22(17)29)11-20(27-19)16-5-6-23(26-13-16)28-9-7-24-8-10-28/h1-6,11,17,22,24-26H,7-10,12-15H2. The van der Waals surface area contributed by atoms with Crippen molar-refractivity contribution < 1.29 is 0 Å². The smallest absolute Gasteiger partial charge is 0.102 e. The second kappa shape index (κ2) is 7.04. The van der Waals surface area contributed by atoms with Gasteiger partial charge >= 0.3 is 0 Å². The second-order valence-electron chi connectivity index (χ2n) is 8.52. The maximum absolute atomic E-state index is 5.02. The van der Waals surface area contributed by atoms with Gasteiger partial charge in [0, 0.05) is 75.4 Å². The Balaban J connectivity index is 1.35. The van der Waals surface area contributed by atoms with Gasteiger partial charge in [-0.25, -0.2) is 4.98 Å². The van der Waals surface area contributed by atoms with E-state index in [1.165, 1.54) is 22.5 Å². The molecule has 0 aliphatic carbocycles. The molecule has 5 heterocycles. The molecule has 0 saturated carbocycles. The molecule has 150 valence electrons. The van der Waals surface area contributed by atoms with Crippen LogP contribution in [0, 0.1) is 5.92 Å². The molecule has 4 aliphatic rings. The van der Waals surface area contributed by atoms with Crippen molar-refractivity contribution >= 4 is 22.2 Å². The van der Waals surface area contributed by atoms with Crippen LogP contribution in [0.2, 0.25) is 0 Å². The normalized spacial score (nSPS) is 26.5. The SMILES string of the molecule is C1=C(c2cc(N3CC4CNCC43)c3ccccc3n2)CNC(N2CCNCC2)=C1. The topological polar surface area (TPSA) is 55.5 Å². The lowest BCUT2D eigenvalue weighted by Gasteiger charge is -2.46. The predicted octanol–water partition coefficient (Wildman–Crippen LogP) is 1.38. The fourth-order valence-corrected chi connectivity index (χ4v) is 5.14. The van der Waals surface area contributed by atoms with Crippen molar-refractivity contribution in [2.75, 3.05) is 57.3 Å². The van der Waals surface area contributed by atoms with Crippen LogP contribution in [0.1, 0.15) is 5.69 Å². The van der Waals surface area contributed by atoms with Crippen LogP contribution in [0.4, 0.5) is 5.69 Å². The van der Waals surface area contributed by atoms with Gasteiger partial charge in [-0.2, -0.15) is 0 Å². The molecule has 6 rings (SSSR count). The van der Waals surface area contributed by atoms with Gasteiger partial charge in [0.15, 0.2) is 0 Å². The number of hydrogen-bond donors (Lipinski definition) is 3. The maximum Gasteiger partial charge on any atom is 0.102 e. The first-order valence-corrected chi connectivity index (χ1v) is 10.8. The first kappa shape index (κ1) is 17.3. The molecule has 2 aromatic rings. The van der Waals surface area contributed by atoms with Crippen molar-refractivity contribution in [1.82, 2.24) is 25.8 Å². The minimum absolute atomic E-state index is 0.631. The van der Waals surface area contributed by atoms with Gasteiger partial charge in [0.1, 0.15) is 5.82 Å². The number of dihydropyridines is 1. The highest BCUT2D eigenvalue weighted by Gasteiger charge is 2.42. The number of aromatic nitrogens is 1. The summed E-state index contributed by atoms with van der Waals surface area (Å²) in [6.45, 7) is 8.46. The van der Waals surface area contributed by atoms with Crippen molar-refractivity contribution in [1.29, 1.82) is 0 Å². The average Bonchev–Trinajstić information content (AvgIpc) is 3.14. The fourth-order valence-electron chi connectivity index (χ4n) is 5.14. The Morgan fingerprint density at radius 2 is 1.90 bits per heavy atom. The quantitative estimate of drug-likeness (QED) is 0.739. The molecule has 2 unspecified atom stereocenters. The van der Waals surface area contributed by atoms with Gasteiger partial charge in [-0.3, -0.25) is 0 Å². The number of para-hydroxylation sites is 1. The van der Waals surface area contributed by atoms with Crippen LogP contribution in [-0.2, 0) is 0 Å². The van der Waals surface area contributed by atoms with Crippen LogP contribution < -0.4 is 20.9 Å². The van der Waals surface area contributed by atoms with E-state index in [2.05, 4.69) is 68.2 Å². The van der Waals surface area contributed by atoms with E-state index < -0.39 is 0 Å². The molecule has 4 aliphatic heterocycles. The summed E-state index contributed by atoms with van der Waals surface area (Å²) >= 11 is 0. The van der Waals surface area contributed by atoms with Crippen molar-refractivity contribution in [3.63, 3.8) is 0 Å². The van der Waals surface area contributed by atoms with Gasteiger partial charge in [0.2, 0.25) is 0 Å². The molecular weight excluding hydrogens is 360 g/mol. The van der Waals surface area contributed by atoms with E-state index in [1.54, 1.807) is 0 Å². The zero-order valence-electron chi connectivity index (χ0n) is 16.7. The van der Waals surface area contributed by atoms with Crippen LogP contribution >= 0.6 is 0 Å². The molecule has 1 aromatic heterocycles. The van der Waals surface area contributed by atoms with Gasteiger partial charge in [-0.15, -0.1) is 0 Å². The summed E-state index contributed by atoms with van der Waals surface area (Å²) in [5, 5.41) is 11.9. The minimum Gasteiger partial charge on any atom is -0.368 e. The van der Waals surface area contributed by atoms with E-state index in [1.807, 2.05) is 0 Å². The largest absolute Gasteiger partial charge is 0.368 e. The van der Waals surface area contributed by atoms with Crippen LogP contribution in [0.15, 0.2) is 48.3 Å². The molecule has 0 bridgehead atoms. The highest BCUT2D eigenvalue weighted by atomic mass is 15.3. The lowest BCUT2D eigenvalue weighted by atomic mass is 9.90. The number of fused-ring (bicyclic) bond motifs is 2. The van der Waals surface area contributed by atoms with E-state index in [4.69, 9.17) is 4.98 Å². The lowest BCUT2D eigenvalue weighted by Crippen LogP contribution is -2.56. The number of allylic oxidation sites excluding steroid dienone is 2. The van der Waals surface area contributed by atoms with Crippen molar-refractivity contribution in [3.8, 4) is 0 Å². The summed E-state index contributed by atoms with van der Waals surface area (Å²) in [5.74, 6) is 2.03. The molecule has 2 atom stereocenters. The molecule has 0 spiro atoms. The molecule has 3 saturated heterocycles. The number of piperazine rings is 1. The molecule has 0 amide bonds. The molecule has 3 N–H and O–H groups in total. The van der Waals surface area contributed by atoms with Gasteiger partial charge in [-0.05, 0) is 23.8 Å². The Labute approximate surface area is 171 Å². The number of nitrogens with one attached hydrogen (secondary N) is 3. The van der Waals surface area contributed by atoms with Crippen molar-refractivity contribution in [2.45, 2.75) is 6.04 Å². The summed E-state index contributed by atoms with van der Waals surface area (Å²) in [4.78, 5) is 10.0. The first-order valence-electron chi connectivity index (χ1n) is 10.8. The van der Waals surface area contributed by atoms with Crippen LogP contribution in [-0.4, -0.2) is 68.3 Å². The van der Waals surface area contributed by atoms with E-state index in [-0.39, 0.29) is 0 Å². The minimum atomic E-state index is 0.631. The molecule has 29 heavy (non-hydrogen) atoms. The van der Waals surface area contributed by atoms with E-state index >= 15 is 0 Å². The maximum atomic E-state index is 5.02. The van der Waals surface area contributed by atoms with Crippen LogP contribution in [0.5, 0.6) is 0 Å². The molecular formula is C23H28N6. The highest BCUT2D eigenvalue weighted by Crippen LogP contribution is 2.38. The fraction of sp³-hybridized carbons (Fsp3) is 0.435. The zero-order chi connectivity index (χ0) is 19.2. The van der Waals surface area contributed by atoms with Gasteiger partial charge in [0.25, 0.3) is 0 Å². The van der Waals surface area contributed by atoms with Gasteiger partial charge in [-0.1, -0.05) is 24.3 Å². The highest BCUT2D eigenvalue weighted by molar-refractivity contribution is 5.94. The molecule has 1 aromatic carbocycles. The zero-order valence-corrected chi connectivity index (χ0v) is 16.7. The van der Waals surface area contributed by atoms with Gasteiger partial charge in [0.05, 0.1) is 11.2 Å². The summed E-state index contributed by atoms with van der Waals surface area (Å²) in [6, 6.07) is 11.5. The number of pyridine rings is 1. The van der Waals surface area contributed by atoms with Crippen LogP contribution in [0.25, 0.3) is 16.5 Å². The molecule has 0 radical (unpaired) electrons. The van der Waals surface area contributed by atoms with Crippen molar-refractivity contribution in [3.05, 3.63) is 54.0 Å². The van der Waals surface area contributed by atoms with E-state index in [0.29, 0.717) is 6.04 Å². The van der Waals surface area contributed by atoms with Gasteiger partial charge < -0.3 is 25.8 Å². The van der Waals surface area contributed by atoms with Crippen LogP contribution in [0.3, 0.4) is 0 Å². The second-order valence-corrected chi connectivity index (χ2v) is 8.52. The third-order valence-corrected chi connectivity index (χ3v) is 6.83. The van der Waals surface area contributed by atoms with E-state index in [0.717, 1.165) is 69.5 Å². The summed E-state index contributed by atoms with van der Waals surface area (Å²) in [7, 11) is 0. The van der Waals surface area contributed by atoms with E-state index in [9.17, 15) is 0 Å².